The van der Waals surface area contributed by atoms with Crippen LogP contribution in [0, 0.1) is 17.0 Å². The minimum atomic E-state index is -0.410. The van der Waals surface area contributed by atoms with Crippen LogP contribution in [0.5, 0.6) is 0 Å². The van der Waals surface area contributed by atoms with E-state index >= 15 is 0 Å². The summed E-state index contributed by atoms with van der Waals surface area (Å²) < 4.78 is 0. The molecule has 1 amide bonds. The van der Waals surface area contributed by atoms with E-state index in [2.05, 4.69) is 10.3 Å². The second-order valence-corrected chi connectivity index (χ2v) is 4.45. The number of non-ortho nitro benzene ring substituents is 1. The summed E-state index contributed by atoms with van der Waals surface area (Å²) in [6.45, 7) is 3.96. The van der Waals surface area contributed by atoms with E-state index < -0.39 is 4.92 Å². The standard InChI is InChI=1S/C13H15N3O3/c1-8-11(5-6-14-9(2)17)12-4-3-10(16(18)19)7-13(12)15-8/h3-4,7,15H,5-6H2,1-2H3,(H,14,17). The number of hydrogen-bond acceptors (Lipinski definition) is 3. The summed E-state index contributed by atoms with van der Waals surface area (Å²) in [5, 5.41) is 14.4. The zero-order chi connectivity index (χ0) is 14.0. The minimum Gasteiger partial charge on any atom is -0.358 e. The molecule has 1 heterocycles. The lowest BCUT2D eigenvalue weighted by molar-refractivity contribution is -0.384. The SMILES string of the molecule is CC(=O)NCCc1c(C)[nH]c2cc([N+](=O)[O-])ccc12. The van der Waals surface area contributed by atoms with Gasteiger partial charge in [0.05, 0.1) is 10.4 Å². The Morgan fingerprint density at radius 3 is 2.84 bits per heavy atom. The van der Waals surface area contributed by atoms with Gasteiger partial charge in [0.15, 0.2) is 0 Å². The minimum absolute atomic E-state index is 0.0619. The number of fused-ring (bicyclic) bond motifs is 1. The summed E-state index contributed by atoms with van der Waals surface area (Å²) in [6, 6.07) is 4.78. The van der Waals surface area contributed by atoms with Crippen molar-refractivity contribution < 1.29 is 9.72 Å². The Morgan fingerprint density at radius 2 is 2.21 bits per heavy atom. The number of amides is 1. The topological polar surface area (TPSA) is 88.0 Å². The zero-order valence-electron chi connectivity index (χ0n) is 10.8. The summed E-state index contributed by atoms with van der Waals surface area (Å²) in [7, 11) is 0. The van der Waals surface area contributed by atoms with Crippen molar-refractivity contribution in [3.05, 3.63) is 39.6 Å². The third-order valence-electron chi connectivity index (χ3n) is 3.06. The second kappa shape index (κ2) is 5.09. The zero-order valence-corrected chi connectivity index (χ0v) is 10.8. The molecule has 0 saturated heterocycles. The van der Waals surface area contributed by atoms with Crippen LogP contribution in [0.25, 0.3) is 10.9 Å². The summed E-state index contributed by atoms with van der Waals surface area (Å²) >= 11 is 0. The molecule has 0 atom stereocenters. The fourth-order valence-electron chi connectivity index (χ4n) is 2.18. The van der Waals surface area contributed by atoms with Crippen LogP contribution in [0.4, 0.5) is 5.69 Å². The Bertz CT molecular complexity index is 646. The van der Waals surface area contributed by atoms with Crippen LogP contribution in [0.1, 0.15) is 18.2 Å². The Hall–Kier alpha value is -2.37. The number of rotatable bonds is 4. The number of aromatic amines is 1. The van der Waals surface area contributed by atoms with Crippen LogP contribution in [0.15, 0.2) is 18.2 Å². The van der Waals surface area contributed by atoms with Crippen molar-refractivity contribution in [2.45, 2.75) is 20.3 Å². The molecule has 2 N–H and O–H groups in total. The average molecular weight is 261 g/mol. The summed E-state index contributed by atoms with van der Waals surface area (Å²) in [5.41, 5.74) is 2.88. The predicted octanol–water partition coefficient (Wildman–Crippen LogP) is 2.06. The molecule has 0 bridgehead atoms. The molecule has 0 aliphatic heterocycles. The number of aryl methyl sites for hydroxylation is 1. The van der Waals surface area contributed by atoms with Gasteiger partial charge >= 0.3 is 0 Å². The number of nitrogens with one attached hydrogen (secondary N) is 2. The number of nitro benzene ring substituents is 1. The number of nitro groups is 1. The Balaban J connectivity index is 2.31. The third-order valence-corrected chi connectivity index (χ3v) is 3.06. The van der Waals surface area contributed by atoms with E-state index in [0.29, 0.717) is 13.0 Å². The molecular formula is C13H15N3O3. The number of hydrogen-bond donors (Lipinski definition) is 2. The van der Waals surface area contributed by atoms with Crippen LogP contribution in [0.2, 0.25) is 0 Å². The molecule has 0 fully saturated rings. The number of carbonyl (C=O) groups is 1. The monoisotopic (exact) mass is 261 g/mol. The molecule has 0 unspecified atom stereocenters. The highest BCUT2D eigenvalue weighted by Gasteiger charge is 2.12. The van der Waals surface area contributed by atoms with E-state index in [9.17, 15) is 14.9 Å². The van der Waals surface area contributed by atoms with Crippen molar-refractivity contribution in [1.29, 1.82) is 0 Å². The number of carbonyl (C=O) groups excluding carboxylic acids is 1. The molecule has 2 aromatic rings. The number of nitrogens with zero attached hydrogens (tertiary/aromatic N) is 1. The normalized spacial score (nSPS) is 10.6. The molecule has 6 nitrogen and oxygen atoms in total. The average Bonchev–Trinajstić information content (AvgIpc) is 2.64. The highest BCUT2D eigenvalue weighted by molar-refractivity contribution is 5.86. The van der Waals surface area contributed by atoms with Gasteiger partial charge in [-0.15, -0.1) is 0 Å². The smallest absolute Gasteiger partial charge is 0.271 e. The summed E-state index contributed by atoms with van der Waals surface area (Å²) in [4.78, 5) is 24.3. The van der Waals surface area contributed by atoms with E-state index in [4.69, 9.17) is 0 Å². The molecule has 0 aliphatic rings. The number of H-pyrrole nitrogens is 1. The van der Waals surface area contributed by atoms with Gasteiger partial charge < -0.3 is 10.3 Å². The third kappa shape index (κ3) is 2.73. The molecule has 0 aliphatic carbocycles. The van der Waals surface area contributed by atoms with Crippen LogP contribution < -0.4 is 5.32 Å². The summed E-state index contributed by atoms with van der Waals surface area (Å²) in [6.07, 6.45) is 0.698. The van der Waals surface area contributed by atoms with Crippen molar-refractivity contribution >= 4 is 22.5 Å². The fraction of sp³-hybridized carbons (Fsp3) is 0.308. The molecule has 0 spiro atoms. The lowest BCUT2D eigenvalue weighted by Gasteiger charge is -2.02. The van der Waals surface area contributed by atoms with Crippen LogP contribution in [-0.2, 0) is 11.2 Å². The Morgan fingerprint density at radius 1 is 1.47 bits per heavy atom. The largest absolute Gasteiger partial charge is 0.358 e. The van der Waals surface area contributed by atoms with Gasteiger partial charge in [0, 0.05) is 36.7 Å². The first-order chi connectivity index (χ1) is 8.99. The van der Waals surface area contributed by atoms with E-state index in [1.54, 1.807) is 6.07 Å². The van der Waals surface area contributed by atoms with Crippen LogP contribution in [0.3, 0.4) is 0 Å². The van der Waals surface area contributed by atoms with Crippen molar-refractivity contribution in [3.63, 3.8) is 0 Å². The Kier molecular flexibility index (Phi) is 3.50. The maximum absolute atomic E-state index is 10.8. The first-order valence-corrected chi connectivity index (χ1v) is 5.99. The molecule has 0 saturated carbocycles. The molecule has 100 valence electrons. The number of aromatic nitrogens is 1. The Labute approximate surface area is 110 Å². The van der Waals surface area contributed by atoms with Gasteiger partial charge in [-0.2, -0.15) is 0 Å². The van der Waals surface area contributed by atoms with E-state index in [-0.39, 0.29) is 11.6 Å². The fourth-order valence-corrected chi connectivity index (χ4v) is 2.18. The highest BCUT2D eigenvalue weighted by Crippen LogP contribution is 2.26. The quantitative estimate of drug-likeness (QED) is 0.652. The maximum atomic E-state index is 10.8. The first-order valence-electron chi connectivity index (χ1n) is 5.99. The van der Waals surface area contributed by atoms with Crippen molar-refractivity contribution in [3.8, 4) is 0 Å². The van der Waals surface area contributed by atoms with Crippen molar-refractivity contribution in [2.75, 3.05) is 6.54 Å². The van der Waals surface area contributed by atoms with E-state index in [0.717, 1.165) is 22.2 Å². The highest BCUT2D eigenvalue weighted by atomic mass is 16.6. The van der Waals surface area contributed by atoms with Gasteiger partial charge in [-0.3, -0.25) is 14.9 Å². The van der Waals surface area contributed by atoms with Gasteiger partial charge in [0.1, 0.15) is 0 Å². The van der Waals surface area contributed by atoms with Crippen molar-refractivity contribution in [2.24, 2.45) is 0 Å². The molecular weight excluding hydrogens is 246 g/mol. The van der Waals surface area contributed by atoms with Crippen LogP contribution >= 0.6 is 0 Å². The van der Waals surface area contributed by atoms with Gasteiger partial charge in [-0.1, -0.05) is 0 Å². The molecule has 6 heteroatoms. The molecule has 1 aromatic heterocycles. The lowest BCUT2D eigenvalue weighted by atomic mass is 10.1. The van der Waals surface area contributed by atoms with Gasteiger partial charge in [0.2, 0.25) is 5.91 Å². The van der Waals surface area contributed by atoms with Crippen LogP contribution in [-0.4, -0.2) is 22.4 Å². The second-order valence-electron chi connectivity index (χ2n) is 4.45. The summed E-state index contributed by atoms with van der Waals surface area (Å²) in [5.74, 6) is -0.0619. The number of benzene rings is 1. The van der Waals surface area contributed by atoms with Crippen molar-refractivity contribution in [1.82, 2.24) is 10.3 Å². The molecule has 2 rings (SSSR count). The molecule has 1 aromatic carbocycles. The van der Waals surface area contributed by atoms with Gasteiger partial charge in [-0.05, 0) is 25.0 Å². The lowest BCUT2D eigenvalue weighted by Crippen LogP contribution is -2.22. The molecule has 19 heavy (non-hydrogen) atoms. The van der Waals surface area contributed by atoms with Gasteiger partial charge in [-0.25, -0.2) is 0 Å². The van der Waals surface area contributed by atoms with E-state index in [1.807, 2.05) is 6.92 Å². The predicted molar refractivity (Wildman–Crippen MR) is 72.1 cm³/mol. The van der Waals surface area contributed by atoms with Gasteiger partial charge in [0.25, 0.3) is 5.69 Å². The first kappa shape index (κ1) is 13.1. The maximum Gasteiger partial charge on any atom is 0.271 e. The van der Waals surface area contributed by atoms with E-state index in [1.165, 1.54) is 19.1 Å². The molecule has 0 radical (unpaired) electrons.